The topological polar surface area (TPSA) is 98.3 Å². The molecule has 0 radical (unpaired) electrons. The number of hydrogen-bond donors (Lipinski definition) is 3. The van der Waals surface area contributed by atoms with Crippen LogP contribution in [0.15, 0.2) is 24.5 Å². The number of nitrogens with one attached hydrogen (secondary N) is 2. The molecule has 1 amide bonds. The third-order valence-corrected chi connectivity index (χ3v) is 5.09. The van der Waals surface area contributed by atoms with Crippen LogP contribution in [0.2, 0.25) is 0 Å². The summed E-state index contributed by atoms with van der Waals surface area (Å²) in [5.41, 5.74) is 3.87. The maximum Gasteiger partial charge on any atom is 0.335 e. The Hall–Kier alpha value is -2.83. The molecule has 144 valence electrons. The smallest absolute Gasteiger partial charge is 0.335 e. The maximum atomic E-state index is 12.1. The number of piperidine rings is 1. The van der Waals surface area contributed by atoms with Crippen molar-refractivity contribution in [3.05, 3.63) is 41.5 Å². The summed E-state index contributed by atoms with van der Waals surface area (Å²) in [7, 11) is 0. The van der Waals surface area contributed by atoms with Gasteiger partial charge < -0.3 is 20.3 Å². The molecule has 1 fully saturated rings. The first kappa shape index (κ1) is 18.9. The van der Waals surface area contributed by atoms with E-state index in [2.05, 4.69) is 20.2 Å². The molecule has 3 rings (SSSR count). The van der Waals surface area contributed by atoms with Gasteiger partial charge >= 0.3 is 5.97 Å². The van der Waals surface area contributed by atoms with Crippen LogP contribution < -0.4 is 10.2 Å². The van der Waals surface area contributed by atoms with Crippen LogP contribution in [0, 0.1) is 6.92 Å². The third-order valence-electron chi connectivity index (χ3n) is 5.09. The second-order valence-electron chi connectivity index (χ2n) is 7.01. The van der Waals surface area contributed by atoms with Crippen molar-refractivity contribution in [3.63, 3.8) is 0 Å². The van der Waals surface area contributed by atoms with Gasteiger partial charge in [0.1, 0.15) is 0 Å². The maximum absolute atomic E-state index is 12.1. The molecule has 2 heterocycles. The van der Waals surface area contributed by atoms with Gasteiger partial charge in [0.25, 0.3) is 0 Å². The number of rotatable bonds is 6. The van der Waals surface area contributed by atoms with Crippen molar-refractivity contribution in [3.8, 4) is 0 Å². The normalized spacial score (nSPS) is 15.0. The number of carbonyl (C=O) groups excluding carboxylic acids is 1. The van der Waals surface area contributed by atoms with E-state index in [4.69, 9.17) is 0 Å². The van der Waals surface area contributed by atoms with E-state index >= 15 is 0 Å². The molecule has 7 heteroatoms. The average Bonchev–Trinajstić information content (AvgIpc) is 3.08. The van der Waals surface area contributed by atoms with Gasteiger partial charge in [-0.1, -0.05) is 6.92 Å². The van der Waals surface area contributed by atoms with E-state index in [-0.39, 0.29) is 11.5 Å². The summed E-state index contributed by atoms with van der Waals surface area (Å²) < 4.78 is 0. The highest BCUT2D eigenvalue weighted by atomic mass is 16.4. The molecular weight excluding hydrogens is 344 g/mol. The van der Waals surface area contributed by atoms with Crippen molar-refractivity contribution in [2.45, 2.75) is 45.4 Å². The molecule has 0 aliphatic carbocycles. The zero-order valence-corrected chi connectivity index (χ0v) is 15.8. The number of amides is 1. The third kappa shape index (κ3) is 4.30. The number of aromatic carboxylic acids is 1. The molecule has 2 aromatic rings. The summed E-state index contributed by atoms with van der Waals surface area (Å²) in [5.74, 6) is -0.674. The highest BCUT2D eigenvalue weighted by Gasteiger charge is 2.25. The van der Waals surface area contributed by atoms with Crippen molar-refractivity contribution in [2.24, 2.45) is 0 Å². The fourth-order valence-electron chi connectivity index (χ4n) is 3.66. The molecule has 1 aromatic heterocycles. The number of aromatic nitrogens is 2. The lowest BCUT2D eigenvalue weighted by molar-refractivity contribution is -0.116. The standard InChI is InChI=1S/C20H26N4O3/c1-3-4-18(25)23-16-11-15(20(26)27)5-6-17(16)24-9-7-14(8-10-24)19-13(2)21-12-22-19/h5-6,11-12,14H,3-4,7-10H2,1-2H3,(H,21,22)(H,23,25)(H,26,27). The van der Waals surface area contributed by atoms with E-state index in [1.54, 1.807) is 24.5 Å². The van der Waals surface area contributed by atoms with Gasteiger partial charge in [-0.15, -0.1) is 0 Å². The Balaban J connectivity index is 1.78. The Bertz CT molecular complexity index is 822. The summed E-state index contributed by atoms with van der Waals surface area (Å²) in [6.07, 6.45) is 4.83. The highest BCUT2D eigenvalue weighted by molar-refractivity contribution is 5.97. The van der Waals surface area contributed by atoms with Crippen molar-refractivity contribution in [1.82, 2.24) is 9.97 Å². The molecule has 0 unspecified atom stereocenters. The Morgan fingerprint density at radius 3 is 2.67 bits per heavy atom. The van der Waals surface area contributed by atoms with Crippen LogP contribution in [0.5, 0.6) is 0 Å². The number of aromatic amines is 1. The second-order valence-corrected chi connectivity index (χ2v) is 7.01. The first-order valence-electron chi connectivity index (χ1n) is 9.41. The molecule has 1 saturated heterocycles. The molecule has 0 spiro atoms. The van der Waals surface area contributed by atoms with Gasteiger partial charge in [0.2, 0.25) is 5.91 Å². The van der Waals surface area contributed by atoms with Crippen LogP contribution in [-0.2, 0) is 4.79 Å². The number of H-pyrrole nitrogens is 1. The summed E-state index contributed by atoms with van der Waals surface area (Å²) in [4.78, 5) is 33.2. The largest absolute Gasteiger partial charge is 0.478 e. The number of carbonyl (C=O) groups is 2. The number of carboxylic acids is 1. The molecule has 0 bridgehead atoms. The number of nitrogens with zero attached hydrogens (tertiary/aromatic N) is 2. The van der Waals surface area contributed by atoms with Crippen molar-refractivity contribution in [2.75, 3.05) is 23.3 Å². The molecule has 0 atom stereocenters. The minimum Gasteiger partial charge on any atom is -0.478 e. The number of hydrogen-bond acceptors (Lipinski definition) is 4. The Morgan fingerprint density at radius 2 is 2.07 bits per heavy atom. The van der Waals surface area contributed by atoms with E-state index in [1.807, 2.05) is 13.8 Å². The van der Waals surface area contributed by atoms with Crippen LogP contribution in [0.25, 0.3) is 0 Å². The fraction of sp³-hybridized carbons (Fsp3) is 0.450. The average molecular weight is 370 g/mol. The van der Waals surface area contributed by atoms with Crippen molar-refractivity contribution < 1.29 is 14.7 Å². The molecular formula is C20H26N4O3. The fourth-order valence-corrected chi connectivity index (χ4v) is 3.66. The molecule has 1 aromatic carbocycles. The molecule has 1 aliphatic rings. The van der Waals surface area contributed by atoms with E-state index in [1.165, 1.54) is 0 Å². The molecule has 3 N–H and O–H groups in total. The van der Waals surface area contributed by atoms with Crippen molar-refractivity contribution >= 4 is 23.3 Å². The van der Waals surface area contributed by atoms with Gasteiger partial charge in [-0.25, -0.2) is 9.78 Å². The van der Waals surface area contributed by atoms with Crippen LogP contribution in [0.1, 0.15) is 60.3 Å². The molecule has 0 saturated carbocycles. The van der Waals surface area contributed by atoms with Crippen LogP contribution >= 0.6 is 0 Å². The van der Waals surface area contributed by atoms with Gasteiger partial charge in [0.15, 0.2) is 0 Å². The number of aryl methyl sites for hydroxylation is 1. The number of carboxylic acid groups (broad SMARTS) is 1. The van der Waals surface area contributed by atoms with Gasteiger partial charge in [-0.05, 0) is 44.4 Å². The minimum atomic E-state index is -1.000. The SMILES string of the molecule is CCCC(=O)Nc1cc(C(=O)O)ccc1N1CCC(c2nc[nH]c2C)CC1. The van der Waals surface area contributed by atoms with E-state index in [0.717, 1.165) is 49.4 Å². The Kier molecular flexibility index (Phi) is 5.78. The summed E-state index contributed by atoms with van der Waals surface area (Å²) in [6.45, 7) is 5.65. The lowest BCUT2D eigenvalue weighted by atomic mass is 9.92. The summed E-state index contributed by atoms with van der Waals surface area (Å²) in [5, 5.41) is 12.2. The van der Waals surface area contributed by atoms with Crippen LogP contribution in [-0.4, -0.2) is 40.0 Å². The quantitative estimate of drug-likeness (QED) is 0.722. The summed E-state index contributed by atoms with van der Waals surface area (Å²) in [6, 6.07) is 4.94. The lowest BCUT2D eigenvalue weighted by Gasteiger charge is -2.34. The van der Waals surface area contributed by atoms with E-state index in [9.17, 15) is 14.7 Å². The Labute approximate surface area is 158 Å². The first-order chi connectivity index (χ1) is 13.0. The molecule has 27 heavy (non-hydrogen) atoms. The van der Waals surface area contributed by atoms with Crippen LogP contribution in [0.4, 0.5) is 11.4 Å². The van der Waals surface area contributed by atoms with Crippen molar-refractivity contribution in [1.29, 1.82) is 0 Å². The molecule has 7 nitrogen and oxygen atoms in total. The molecule has 1 aliphatic heterocycles. The highest BCUT2D eigenvalue weighted by Crippen LogP contribution is 2.34. The predicted molar refractivity (Wildman–Crippen MR) is 104 cm³/mol. The predicted octanol–water partition coefficient (Wildman–Crippen LogP) is 3.54. The monoisotopic (exact) mass is 370 g/mol. The van der Waals surface area contributed by atoms with E-state index in [0.29, 0.717) is 18.0 Å². The van der Waals surface area contributed by atoms with Gasteiger partial charge in [-0.3, -0.25) is 4.79 Å². The Morgan fingerprint density at radius 1 is 1.33 bits per heavy atom. The number of benzene rings is 1. The number of imidazole rings is 1. The van der Waals surface area contributed by atoms with Gasteiger partial charge in [0.05, 0.1) is 29.0 Å². The second kappa shape index (κ2) is 8.24. The minimum absolute atomic E-state index is 0.0941. The first-order valence-corrected chi connectivity index (χ1v) is 9.41. The number of anilines is 2. The summed E-state index contributed by atoms with van der Waals surface area (Å²) >= 11 is 0. The van der Waals surface area contributed by atoms with Gasteiger partial charge in [-0.2, -0.15) is 0 Å². The zero-order chi connectivity index (χ0) is 19.4. The van der Waals surface area contributed by atoms with E-state index < -0.39 is 5.97 Å². The van der Waals surface area contributed by atoms with Crippen LogP contribution in [0.3, 0.4) is 0 Å². The van der Waals surface area contributed by atoms with Gasteiger partial charge in [0, 0.05) is 31.1 Å². The zero-order valence-electron chi connectivity index (χ0n) is 15.8. The lowest BCUT2D eigenvalue weighted by Crippen LogP contribution is -2.34.